The first-order valence-electron chi connectivity index (χ1n) is 11.3. The lowest BCUT2D eigenvalue weighted by Gasteiger charge is -2.13. The summed E-state index contributed by atoms with van der Waals surface area (Å²) in [5, 5.41) is 2.82. The standard InChI is InChI=1S/C26H29BrN2O4S/c1-2-3-4-8-17-33-25-16-11-21(27)18-24(25)26(30)29-22-12-14-23(15-13-22)34(31,32)28-19-20-9-6-5-7-10-20/h5-7,9-16,18,28H,2-4,8,17,19H2,1H3,(H,29,30). The van der Waals surface area contributed by atoms with Gasteiger partial charge in [-0.1, -0.05) is 72.4 Å². The molecule has 0 aromatic heterocycles. The molecule has 0 aliphatic carbocycles. The van der Waals surface area contributed by atoms with Gasteiger partial charge in [-0.3, -0.25) is 4.79 Å². The predicted molar refractivity (Wildman–Crippen MR) is 139 cm³/mol. The molecule has 0 spiro atoms. The van der Waals surface area contributed by atoms with Crippen molar-refractivity contribution in [1.29, 1.82) is 0 Å². The first-order chi connectivity index (χ1) is 16.4. The molecule has 2 N–H and O–H groups in total. The molecular weight excluding hydrogens is 516 g/mol. The zero-order chi connectivity index (χ0) is 24.4. The van der Waals surface area contributed by atoms with E-state index in [2.05, 4.69) is 32.9 Å². The quantitative estimate of drug-likeness (QED) is 0.268. The van der Waals surface area contributed by atoms with Crippen molar-refractivity contribution in [3.05, 3.63) is 88.4 Å². The lowest BCUT2D eigenvalue weighted by atomic mass is 10.1. The molecule has 3 aromatic rings. The molecule has 0 heterocycles. The van der Waals surface area contributed by atoms with Crippen LogP contribution in [0.3, 0.4) is 0 Å². The van der Waals surface area contributed by atoms with Gasteiger partial charge in [0.2, 0.25) is 10.0 Å². The van der Waals surface area contributed by atoms with Gasteiger partial charge in [0, 0.05) is 16.7 Å². The van der Waals surface area contributed by atoms with E-state index in [-0.39, 0.29) is 17.3 Å². The summed E-state index contributed by atoms with van der Waals surface area (Å²) in [5.74, 6) is 0.184. The number of sulfonamides is 1. The fraction of sp³-hybridized carbons (Fsp3) is 0.269. The molecule has 0 aliphatic rings. The Kier molecular flexibility index (Phi) is 9.68. The highest BCUT2D eigenvalue weighted by atomic mass is 79.9. The van der Waals surface area contributed by atoms with Gasteiger partial charge in [0.05, 0.1) is 17.1 Å². The number of rotatable bonds is 12. The Hall–Kier alpha value is -2.68. The topological polar surface area (TPSA) is 84.5 Å². The minimum absolute atomic E-state index is 0.125. The minimum atomic E-state index is -3.67. The van der Waals surface area contributed by atoms with E-state index in [1.54, 1.807) is 24.3 Å². The second-order valence-electron chi connectivity index (χ2n) is 7.84. The van der Waals surface area contributed by atoms with Crippen LogP contribution in [-0.2, 0) is 16.6 Å². The molecule has 34 heavy (non-hydrogen) atoms. The van der Waals surface area contributed by atoms with E-state index < -0.39 is 10.0 Å². The van der Waals surface area contributed by atoms with Crippen molar-refractivity contribution in [1.82, 2.24) is 4.72 Å². The molecule has 6 nitrogen and oxygen atoms in total. The number of anilines is 1. The Morgan fingerprint density at radius 1 is 0.941 bits per heavy atom. The zero-order valence-electron chi connectivity index (χ0n) is 19.1. The van der Waals surface area contributed by atoms with E-state index in [4.69, 9.17) is 4.74 Å². The maximum absolute atomic E-state index is 12.9. The van der Waals surface area contributed by atoms with Gasteiger partial charge in [-0.2, -0.15) is 0 Å². The van der Waals surface area contributed by atoms with Crippen molar-refractivity contribution in [2.45, 2.75) is 44.0 Å². The van der Waals surface area contributed by atoms with Crippen LogP contribution >= 0.6 is 15.9 Å². The predicted octanol–water partition coefficient (Wildman–Crippen LogP) is 6.14. The van der Waals surface area contributed by atoms with Gasteiger partial charge in [0.1, 0.15) is 5.75 Å². The molecular formula is C26H29BrN2O4S. The molecule has 0 radical (unpaired) electrons. The van der Waals surface area contributed by atoms with Gasteiger partial charge >= 0.3 is 0 Å². The summed E-state index contributed by atoms with van der Waals surface area (Å²) in [5.41, 5.74) is 1.76. The number of carbonyl (C=O) groups is 1. The smallest absolute Gasteiger partial charge is 0.259 e. The monoisotopic (exact) mass is 544 g/mol. The highest BCUT2D eigenvalue weighted by Gasteiger charge is 2.16. The molecule has 3 rings (SSSR count). The fourth-order valence-corrected chi connectivity index (χ4v) is 4.67. The average Bonchev–Trinajstić information content (AvgIpc) is 2.84. The Morgan fingerprint density at radius 2 is 1.68 bits per heavy atom. The van der Waals surface area contributed by atoms with E-state index in [9.17, 15) is 13.2 Å². The van der Waals surface area contributed by atoms with Crippen LogP contribution < -0.4 is 14.8 Å². The van der Waals surface area contributed by atoms with Crippen LogP contribution in [0.2, 0.25) is 0 Å². The van der Waals surface area contributed by atoms with Crippen LogP contribution in [0.4, 0.5) is 5.69 Å². The number of benzene rings is 3. The largest absolute Gasteiger partial charge is 0.493 e. The van der Waals surface area contributed by atoms with Crippen LogP contribution in [0, 0.1) is 0 Å². The van der Waals surface area contributed by atoms with Crippen molar-refractivity contribution in [3.8, 4) is 5.75 Å². The fourth-order valence-electron chi connectivity index (χ4n) is 3.29. The van der Waals surface area contributed by atoms with Crippen LogP contribution in [0.25, 0.3) is 0 Å². The number of halogens is 1. The molecule has 3 aromatic carbocycles. The van der Waals surface area contributed by atoms with Crippen molar-refractivity contribution in [2.24, 2.45) is 0 Å². The van der Waals surface area contributed by atoms with E-state index in [0.29, 0.717) is 23.6 Å². The third kappa shape index (κ3) is 7.68. The molecule has 0 aliphatic heterocycles. The molecule has 0 fully saturated rings. The molecule has 180 valence electrons. The van der Waals surface area contributed by atoms with Crippen LogP contribution in [0.5, 0.6) is 5.75 Å². The first kappa shape index (κ1) is 25.9. The lowest BCUT2D eigenvalue weighted by Crippen LogP contribution is -2.23. The van der Waals surface area contributed by atoms with Crippen LogP contribution in [-0.4, -0.2) is 20.9 Å². The summed E-state index contributed by atoms with van der Waals surface area (Å²) in [4.78, 5) is 13.0. The normalized spacial score (nSPS) is 11.2. The van der Waals surface area contributed by atoms with E-state index >= 15 is 0 Å². The number of nitrogens with one attached hydrogen (secondary N) is 2. The van der Waals surface area contributed by atoms with E-state index in [1.165, 1.54) is 12.1 Å². The van der Waals surface area contributed by atoms with Crippen molar-refractivity contribution < 1.29 is 17.9 Å². The van der Waals surface area contributed by atoms with Gasteiger partial charge in [-0.05, 0) is 54.4 Å². The van der Waals surface area contributed by atoms with E-state index in [0.717, 1.165) is 35.7 Å². The number of hydrogen-bond donors (Lipinski definition) is 2. The molecule has 0 unspecified atom stereocenters. The SMILES string of the molecule is CCCCCCOc1ccc(Br)cc1C(=O)Nc1ccc(S(=O)(=O)NCc2ccccc2)cc1. The van der Waals surface area contributed by atoms with Gasteiger partial charge in [-0.15, -0.1) is 0 Å². The second kappa shape index (κ2) is 12.7. The van der Waals surface area contributed by atoms with Gasteiger partial charge in [0.15, 0.2) is 0 Å². The third-order valence-electron chi connectivity index (χ3n) is 5.17. The molecule has 1 amide bonds. The molecule has 0 saturated carbocycles. The third-order valence-corrected chi connectivity index (χ3v) is 7.08. The average molecular weight is 545 g/mol. The van der Waals surface area contributed by atoms with E-state index in [1.807, 2.05) is 36.4 Å². The van der Waals surface area contributed by atoms with Gasteiger partial charge < -0.3 is 10.1 Å². The maximum atomic E-state index is 12.9. The van der Waals surface area contributed by atoms with Crippen molar-refractivity contribution >= 4 is 37.5 Å². The zero-order valence-corrected chi connectivity index (χ0v) is 21.5. The van der Waals surface area contributed by atoms with Crippen molar-refractivity contribution in [2.75, 3.05) is 11.9 Å². The lowest BCUT2D eigenvalue weighted by molar-refractivity contribution is 0.102. The summed E-state index contributed by atoms with van der Waals surface area (Å²) in [7, 11) is -3.67. The molecule has 0 bridgehead atoms. The highest BCUT2D eigenvalue weighted by molar-refractivity contribution is 9.10. The molecule has 0 atom stereocenters. The number of ether oxygens (including phenoxy) is 1. The number of hydrogen-bond acceptors (Lipinski definition) is 4. The Labute approximate surface area is 209 Å². The molecule has 0 saturated heterocycles. The number of carbonyl (C=O) groups excluding carboxylic acids is 1. The summed E-state index contributed by atoms with van der Waals surface area (Å²) in [6.07, 6.45) is 4.32. The summed E-state index contributed by atoms with van der Waals surface area (Å²) >= 11 is 3.41. The first-order valence-corrected chi connectivity index (χ1v) is 13.5. The van der Waals surface area contributed by atoms with Crippen LogP contribution in [0.15, 0.2) is 82.2 Å². The Balaban J connectivity index is 1.63. The number of unbranched alkanes of at least 4 members (excludes halogenated alkanes) is 3. The van der Waals surface area contributed by atoms with Crippen molar-refractivity contribution in [3.63, 3.8) is 0 Å². The minimum Gasteiger partial charge on any atom is -0.493 e. The second-order valence-corrected chi connectivity index (χ2v) is 10.5. The highest BCUT2D eigenvalue weighted by Crippen LogP contribution is 2.25. The Morgan fingerprint density at radius 3 is 2.38 bits per heavy atom. The maximum Gasteiger partial charge on any atom is 0.259 e. The Bertz CT molecular complexity index is 1180. The summed E-state index contributed by atoms with van der Waals surface area (Å²) in [6.45, 7) is 2.90. The number of amides is 1. The van der Waals surface area contributed by atoms with Crippen LogP contribution in [0.1, 0.15) is 48.5 Å². The molecule has 8 heteroatoms. The summed E-state index contributed by atoms with van der Waals surface area (Å²) in [6, 6.07) is 20.7. The van der Waals surface area contributed by atoms with Gasteiger partial charge in [-0.25, -0.2) is 13.1 Å². The summed E-state index contributed by atoms with van der Waals surface area (Å²) < 4.78 is 34.4. The van der Waals surface area contributed by atoms with Gasteiger partial charge in [0.25, 0.3) is 5.91 Å².